The van der Waals surface area contributed by atoms with Gasteiger partial charge in [0, 0.05) is 12.5 Å². The fourth-order valence-corrected chi connectivity index (χ4v) is 2.49. The molecule has 5 heteroatoms. The standard InChI is InChI=1S/C23H24O5/c1-3-22(24)27-20-13-9-18(10-14-20)19-11-15-21(16-12-19)28-23(25)8-6-5-7-17-26-4-2/h3-4,9-16H,1-2,5-8,17H2. The normalized spacial score (nSPS) is 10.0. The molecule has 0 amide bonds. The van der Waals surface area contributed by atoms with Crippen molar-refractivity contribution in [3.63, 3.8) is 0 Å². The van der Waals surface area contributed by atoms with E-state index in [4.69, 9.17) is 14.2 Å². The molecule has 0 N–H and O–H groups in total. The Morgan fingerprint density at radius 3 is 1.89 bits per heavy atom. The summed E-state index contributed by atoms with van der Waals surface area (Å²) in [6.07, 6.45) is 5.47. The van der Waals surface area contributed by atoms with Crippen LogP contribution >= 0.6 is 0 Å². The third-order valence-electron chi connectivity index (χ3n) is 3.92. The SMILES string of the molecule is C=COCCCCCC(=O)Oc1ccc(-c2ccc(OC(=O)C=C)cc2)cc1. The van der Waals surface area contributed by atoms with Gasteiger partial charge in [0.05, 0.1) is 12.9 Å². The molecule has 0 unspecified atom stereocenters. The highest BCUT2D eigenvalue weighted by Gasteiger charge is 2.06. The molecule has 0 fully saturated rings. The summed E-state index contributed by atoms with van der Waals surface area (Å²) in [5, 5.41) is 0. The van der Waals surface area contributed by atoms with Crippen LogP contribution in [-0.2, 0) is 14.3 Å². The second-order valence-corrected chi connectivity index (χ2v) is 6.00. The van der Waals surface area contributed by atoms with Crippen LogP contribution in [0, 0.1) is 0 Å². The molecule has 146 valence electrons. The summed E-state index contributed by atoms with van der Waals surface area (Å²) in [7, 11) is 0. The van der Waals surface area contributed by atoms with Crippen LogP contribution in [0.2, 0.25) is 0 Å². The molecule has 0 aliphatic rings. The Hall–Kier alpha value is -3.34. The molecule has 0 aromatic heterocycles. The van der Waals surface area contributed by atoms with Gasteiger partial charge in [0.25, 0.3) is 0 Å². The molecule has 2 rings (SSSR count). The van der Waals surface area contributed by atoms with Gasteiger partial charge < -0.3 is 14.2 Å². The van der Waals surface area contributed by atoms with E-state index in [1.165, 1.54) is 6.26 Å². The lowest BCUT2D eigenvalue weighted by molar-refractivity contribution is -0.134. The number of benzene rings is 2. The van der Waals surface area contributed by atoms with Crippen molar-refractivity contribution in [1.82, 2.24) is 0 Å². The van der Waals surface area contributed by atoms with Gasteiger partial charge in [0.1, 0.15) is 11.5 Å². The molecule has 5 nitrogen and oxygen atoms in total. The van der Waals surface area contributed by atoms with Crippen LogP contribution in [0.15, 0.2) is 74.0 Å². The third-order valence-corrected chi connectivity index (χ3v) is 3.92. The summed E-state index contributed by atoms with van der Waals surface area (Å²) in [5.41, 5.74) is 1.92. The van der Waals surface area contributed by atoms with Crippen LogP contribution in [-0.4, -0.2) is 18.5 Å². The van der Waals surface area contributed by atoms with Crippen molar-refractivity contribution < 1.29 is 23.8 Å². The molecular weight excluding hydrogens is 356 g/mol. The number of carbonyl (C=O) groups is 2. The Balaban J connectivity index is 1.82. The molecule has 0 saturated carbocycles. The average Bonchev–Trinajstić information content (AvgIpc) is 2.71. The quantitative estimate of drug-likeness (QED) is 0.179. The maximum Gasteiger partial charge on any atom is 0.335 e. The van der Waals surface area contributed by atoms with Gasteiger partial charge in [0.15, 0.2) is 0 Å². The number of unbranched alkanes of at least 4 members (excludes halogenated alkanes) is 2. The Morgan fingerprint density at radius 2 is 1.36 bits per heavy atom. The zero-order chi connectivity index (χ0) is 20.2. The van der Waals surface area contributed by atoms with Crippen LogP contribution in [0.5, 0.6) is 11.5 Å². The second kappa shape index (κ2) is 11.4. The molecule has 2 aromatic carbocycles. The number of hydrogen-bond donors (Lipinski definition) is 0. The fourth-order valence-electron chi connectivity index (χ4n) is 2.49. The van der Waals surface area contributed by atoms with E-state index in [2.05, 4.69) is 13.2 Å². The lowest BCUT2D eigenvalue weighted by Gasteiger charge is -2.07. The number of hydrogen-bond acceptors (Lipinski definition) is 5. The van der Waals surface area contributed by atoms with E-state index in [1.807, 2.05) is 24.3 Å². The van der Waals surface area contributed by atoms with E-state index < -0.39 is 5.97 Å². The fraction of sp³-hybridized carbons (Fsp3) is 0.217. The minimum Gasteiger partial charge on any atom is -0.502 e. The van der Waals surface area contributed by atoms with E-state index >= 15 is 0 Å². The van der Waals surface area contributed by atoms with Crippen molar-refractivity contribution in [2.24, 2.45) is 0 Å². The molecule has 0 aliphatic carbocycles. The molecule has 0 saturated heterocycles. The largest absolute Gasteiger partial charge is 0.502 e. The third kappa shape index (κ3) is 7.11. The highest BCUT2D eigenvalue weighted by atomic mass is 16.5. The summed E-state index contributed by atoms with van der Waals surface area (Å²) in [4.78, 5) is 23.1. The summed E-state index contributed by atoms with van der Waals surface area (Å²) < 4.78 is 15.4. The van der Waals surface area contributed by atoms with Crippen LogP contribution in [0.3, 0.4) is 0 Å². The first-order valence-corrected chi connectivity index (χ1v) is 9.10. The van der Waals surface area contributed by atoms with Crippen molar-refractivity contribution in [2.45, 2.75) is 25.7 Å². The Kier molecular flexibility index (Phi) is 8.53. The Labute approximate surface area is 165 Å². The van der Waals surface area contributed by atoms with Gasteiger partial charge in [-0.1, -0.05) is 37.4 Å². The smallest absolute Gasteiger partial charge is 0.335 e. The summed E-state index contributed by atoms with van der Waals surface area (Å²) in [6.45, 7) is 7.46. The summed E-state index contributed by atoms with van der Waals surface area (Å²) in [5.74, 6) is 0.227. The van der Waals surface area contributed by atoms with Gasteiger partial charge in [0.2, 0.25) is 0 Å². The van der Waals surface area contributed by atoms with Gasteiger partial charge >= 0.3 is 11.9 Å². The monoisotopic (exact) mass is 380 g/mol. The first-order chi connectivity index (χ1) is 13.6. The average molecular weight is 380 g/mol. The molecule has 0 bridgehead atoms. The van der Waals surface area contributed by atoms with Gasteiger partial charge in [-0.3, -0.25) is 4.79 Å². The van der Waals surface area contributed by atoms with Crippen molar-refractivity contribution in [3.05, 3.63) is 74.0 Å². The van der Waals surface area contributed by atoms with E-state index in [0.717, 1.165) is 36.5 Å². The molecule has 0 radical (unpaired) electrons. The minimum absolute atomic E-state index is 0.245. The number of carbonyl (C=O) groups excluding carboxylic acids is 2. The van der Waals surface area contributed by atoms with E-state index in [1.54, 1.807) is 24.3 Å². The summed E-state index contributed by atoms with van der Waals surface area (Å²) in [6, 6.07) is 14.4. The Bertz CT molecular complexity index is 791. The highest BCUT2D eigenvalue weighted by Crippen LogP contribution is 2.25. The lowest BCUT2D eigenvalue weighted by Crippen LogP contribution is -2.07. The maximum atomic E-state index is 11.9. The number of esters is 2. The summed E-state index contributed by atoms with van der Waals surface area (Å²) >= 11 is 0. The lowest BCUT2D eigenvalue weighted by atomic mass is 10.1. The number of ether oxygens (including phenoxy) is 3. The molecule has 0 atom stereocenters. The molecule has 0 heterocycles. The topological polar surface area (TPSA) is 61.8 Å². The maximum absolute atomic E-state index is 11.9. The van der Waals surface area contributed by atoms with Crippen molar-refractivity contribution in [2.75, 3.05) is 6.61 Å². The molecule has 28 heavy (non-hydrogen) atoms. The van der Waals surface area contributed by atoms with Crippen molar-refractivity contribution >= 4 is 11.9 Å². The molecule has 0 spiro atoms. The van der Waals surface area contributed by atoms with Crippen molar-refractivity contribution in [1.29, 1.82) is 0 Å². The van der Waals surface area contributed by atoms with Crippen LogP contribution in [0.4, 0.5) is 0 Å². The van der Waals surface area contributed by atoms with Gasteiger partial charge in [-0.25, -0.2) is 4.79 Å². The van der Waals surface area contributed by atoms with Gasteiger partial charge in [-0.2, -0.15) is 0 Å². The molecule has 2 aromatic rings. The van der Waals surface area contributed by atoms with Crippen LogP contribution in [0.1, 0.15) is 25.7 Å². The zero-order valence-electron chi connectivity index (χ0n) is 15.8. The van der Waals surface area contributed by atoms with Gasteiger partial charge in [-0.05, 0) is 54.7 Å². The molecule has 0 aliphatic heterocycles. The van der Waals surface area contributed by atoms with Crippen molar-refractivity contribution in [3.8, 4) is 22.6 Å². The number of rotatable bonds is 11. The van der Waals surface area contributed by atoms with Gasteiger partial charge in [-0.15, -0.1) is 0 Å². The van der Waals surface area contributed by atoms with Crippen LogP contribution in [0.25, 0.3) is 11.1 Å². The molecular formula is C23H24O5. The Morgan fingerprint density at radius 1 is 0.786 bits per heavy atom. The van der Waals surface area contributed by atoms with E-state index in [-0.39, 0.29) is 5.97 Å². The first-order valence-electron chi connectivity index (χ1n) is 9.10. The van der Waals surface area contributed by atoms with E-state index in [0.29, 0.717) is 24.5 Å². The second-order valence-electron chi connectivity index (χ2n) is 6.00. The van der Waals surface area contributed by atoms with Crippen LogP contribution < -0.4 is 9.47 Å². The predicted octanol–water partition coefficient (Wildman–Crippen LogP) is 5.07. The first kappa shape index (κ1) is 21.0. The minimum atomic E-state index is -0.496. The van der Waals surface area contributed by atoms with E-state index in [9.17, 15) is 9.59 Å². The predicted molar refractivity (Wildman–Crippen MR) is 108 cm³/mol. The zero-order valence-corrected chi connectivity index (χ0v) is 15.8. The highest BCUT2D eigenvalue weighted by molar-refractivity contribution is 5.83.